The fourth-order valence-corrected chi connectivity index (χ4v) is 1.08. The van der Waals surface area contributed by atoms with Crippen LogP contribution in [0.15, 0.2) is 18.2 Å². The lowest BCUT2D eigenvalue weighted by Gasteiger charge is -2.07. The zero-order valence-corrected chi connectivity index (χ0v) is 7.20. The number of urea groups is 1. The van der Waals surface area contributed by atoms with E-state index in [1.165, 1.54) is 0 Å². The number of primary amides is 1. The van der Waals surface area contributed by atoms with Gasteiger partial charge in [-0.15, -0.1) is 0 Å². The van der Waals surface area contributed by atoms with Gasteiger partial charge >= 0.3 is 6.03 Å². The van der Waals surface area contributed by atoms with E-state index in [2.05, 4.69) is 5.32 Å². The standard InChI is InChI=1S/C9H10N2O2/c1-6-3-2-4-7(5-12)8(6)11-9(10)13/h2-5H,1H3,(H3,10,11,13). The van der Waals surface area contributed by atoms with Crippen LogP contribution >= 0.6 is 0 Å². The van der Waals surface area contributed by atoms with Crippen LogP contribution in [0.25, 0.3) is 0 Å². The van der Waals surface area contributed by atoms with E-state index < -0.39 is 6.03 Å². The number of nitrogens with one attached hydrogen (secondary N) is 1. The van der Waals surface area contributed by atoms with Gasteiger partial charge in [0.15, 0.2) is 6.29 Å². The second-order valence-corrected chi connectivity index (χ2v) is 2.65. The lowest BCUT2D eigenvalue weighted by molar-refractivity contribution is 0.112. The SMILES string of the molecule is Cc1cccc(C=O)c1NC(N)=O. The minimum absolute atomic E-state index is 0.429. The maximum absolute atomic E-state index is 10.6. The van der Waals surface area contributed by atoms with Crippen molar-refractivity contribution in [1.82, 2.24) is 0 Å². The van der Waals surface area contributed by atoms with Crippen LogP contribution in [0.5, 0.6) is 0 Å². The molecular formula is C9H10N2O2. The first-order valence-electron chi connectivity index (χ1n) is 3.76. The Hall–Kier alpha value is -1.84. The van der Waals surface area contributed by atoms with Crippen molar-refractivity contribution in [1.29, 1.82) is 0 Å². The van der Waals surface area contributed by atoms with Crippen LogP contribution < -0.4 is 11.1 Å². The molecule has 0 fully saturated rings. The van der Waals surface area contributed by atoms with Gasteiger partial charge in [-0.05, 0) is 18.6 Å². The minimum atomic E-state index is -0.669. The maximum Gasteiger partial charge on any atom is 0.316 e. The summed E-state index contributed by atoms with van der Waals surface area (Å²) in [6.07, 6.45) is 0.679. The van der Waals surface area contributed by atoms with E-state index in [1.807, 2.05) is 0 Å². The van der Waals surface area contributed by atoms with Crippen LogP contribution in [0, 0.1) is 6.92 Å². The molecule has 3 N–H and O–H groups in total. The molecule has 0 radical (unpaired) electrons. The average molecular weight is 178 g/mol. The first-order valence-corrected chi connectivity index (χ1v) is 3.76. The van der Waals surface area contributed by atoms with Crippen molar-refractivity contribution in [2.45, 2.75) is 6.92 Å². The molecule has 0 aliphatic heterocycles. The Morgan fingerprint density at radius 2 is 2.23 bits per heavy atom. The van der Waals surface area contributed by atoms with E-state index in [1.54, 1.807) is 25.1 Å². The predicted molar refractivity (Wildman–Crippen MR) is 49.8 cm³/mol. The minimum Gasteiger partial charge on any atom is -0.351 e. The van der Waals surface area contributed by atoms with E-state index in [-0.39, 0.29) is 0 Å². The molecule has 4 nitrogen and oxygen atoms in total. The zero-order chi connectivity index (χ0) is 9.84. The molecule has 68 valence electrons. The Labute approximate surface area is 75.7 Å². The lowest BCUT2D eigenvalue weighted by atomic mass is 10.1. The Balaban J connectivity index is 3.14. The van der Waals surface area contributed by atoms with Gasteiger partial charge in [-0.1, -0.05) is 12.1 Å². The van der Waals surface area contributed by atoms with Crippen LogP contribution in [-0.2, 0) is 0 Å². The van der Waals surface area contributed by atoms with Crippen molar-refractivity contribution in [3.05, 3.63) is 29.3 Å². The van der Waals surface area contributed by atoms with E-state index in [4.69, 9.17) is 5.73 Å². The first kappa shape index (κ1) is 9.25. The van der Waals surface area contributed by atoms with Crippen LogP contribution in [-0.4, -0.2) is 12.3 Å². The molecule has 1 rings (SSSR count). The Morgan fingerprint density at radius 3 is 2.77 bits per heavy atom. The number of amides is 2. The summed E-state index contributed by atoms with van der Waals surface area (Å²) in [7, 11) is 0. The van der Waals surface area contributed by atoms with Crippen molar-refractivity contribution < 1.29 is 9.59 Å². The normalized spacial score (nSPS) is 9.31. The van der Waals surface area contributed by atoms with E-state index >= 15 is 0 Å². The third-order valence-corrected chi connectivity index (χ3v) is 1.68. The number of rotatable bonds is 2. The molecule has 4 heteroatoms. The molecule has 0 saturated carbocycles. The third-order valence-electron chi connectivity index (χ3n) is 1.68. The highest BCUT2D eigenvalue weighted by atomic mass is 16.2. The lowest BCUT2D eigenvalue weighted by Crippen LogP contribution is -2.20. The van der Waals surface area contributed by atoms with Gasteiger partial charge < -0.3 is 11.1 Å². The first-order chi connectivity index (χ1) is 6.15. The Morgan fingerprint density at radius 1 is 1.54 bits per heavy atom. The van der Waals surface area contributed by atoms with Crippen LogP contribution in [0.4, 0.5) is 10.5 Å². The molecule has 1 aromatic rings. The summed E-state index contributed by atoms with van der Waals surface area (Å²) in [6.45, 7) is 1.79. The van der Waals surface area contributed by atoms with Crippen LogP contribution in [0.3, 0.4) is 0 Å². The number of para-hydroxylation sites is 1. The molecule has 13 heavy (non-hydrogen) atoms. The Kier molecular flexibility index (Phi) is 2.64. The van der Waals surface area contributed by atoms with Gasteiger partial charge in [-0.25, -0.2) is 4.79 Å². The number of benzene rings is 1. The summed E-state index contributed by atoms with van der Waals surface area (Å²) in [5.41, 5.74) is 6.67. The molecule has 0 spiro atoms. The summed E-state index contributed by atoms with van der Waals surface area (Å²) in [4.78, 5) is 21.2. The highest BCUT2D eigenvalue weighted by molar-refractivity contribution is 5.95. The van der Waals surface area contributed by atoms with Gasteiger partial charge in [0.05, 0.1) is 5.69 Å². The molecule has 0 atom stereocenters. The maximum atomic E-state index is 10.6. The number of nitrogens with two attached hydrogens (primary N) is 1. The number of aryl methyl sites for hydroxylation is 1. The second-order valence-electron chi connectivity index (χ2n) is 2.65. The van der Waals surface area contributed by atoms with Crippen LogP contribution in [0.2, 0.25) is 0 Å². The monoisotopic (exact) mass is 178 g/mol. The number of hydrogen-bond donors (Lipinski definition) is 2. The van der Waals surface area contributed by atoms with Crippen molar-refractivity contribution >= 4 is 18.0 Å². The van der Waals surface area contributed by atoms with Gasteiger partial charge in [-0.2, -0.15) is 0 Å². The van der Waals surface area contributed by atoms with Gasteiger partial charge in [0, 0.05) is 5.56 Å². The largest absolute Gasteiger partial charge is 0.351 e. The molecule has 0 bridgehead atoms. The molecule has 0 aliphatic carbocycles. The molecule has 0 aliphatic rings. The summed E-state index contributed by atoms with van der Waals surface area (Å²) in [5.74, 6) is 0. The highest BCUT2D eigenvalue weighted by Gasteiger charge is 2.05. The molecule has 0 heterocycles. The molecule has 0 aromatic heterocycles. The van der Waals surface area contributed by atoms with E-state index in [0.29, 0.717) is 17.5 Å². The number of hydrogen-bond acceptors (Lipinski definition) is 2. The number of carbonyl (C=O) groups excluding carboxylic acids is 2. The average Bonchev–Trinajstić information content (AvgIpc) is 2.08. The number of anilines is 1. The second kappa shape index (κ2) is 3.71. The summed E-state index contributed by atoms with van der Waals surface area (Å²) < 4.78 is 0. The summed E-state index contributed by atoms with van der Waals surface area (Å²) in [5, 5.41) is 2.40. The number of carbonyl (C=O) groups is 2. The van der Waals surface area contributed by atoms with Crippen molar-refractivity contribution in [2.75, 3.05) is 5.32 Å². The summed E-state index contributed by atoms with van der Waals surface area (Å²) >= 11 is 0. The van der Waals surface area contributed by atoms with Gasteiger partial charge in [-0.3, -0.25) is 4.79 Å². The third kappa shape index (κ3) is 2.05. The van der Waals surface area contributed by atoms with Gasteiger partial charge in [0.1, 0.15) is 0 Å². The fourth-order valence-electron chi connectivity index (χ4n) is 1.08. The smallest absolute Gasteiger partial charge is 0.316 e. The van der Waals surface area contributed by atoms with E-state index in [0.717, 1.165) is 5.56 Å². The highest BCUT2D eigenvalue weighted by Crippen LogP contribution is 2.18. The molecular weight excluding hydrogens is 168 g/mol. The topological polar surface area (TPSA) is 72.2 Å². The molecule has 0 unspecified atom stereocenters. The van der Waals surface area contributed by atoms with Gasteiger partial charge in [0.2, 0.25) is 0 Å². The van der Waals surface area contributed by atoms with E-state index in [9.17, 15) is 9.59 Å². The Bertz CT molecular complexity index is 347. The molecule has 1 aromatic carbocycles. The quantitative estimate of drug-likeness (QED) is 0.670. The van der Waals surface area contributed by atoms with Crippen molar-refractivity contribution in [3.8, 4) is 0 Å². The van der Waals surface area contributed by atoms with Crippen molar-refractivity contribution in [2.24, 2.45) is 5.73 Å². The number of aldehydes is 1. The van der Waals surface area contributed by atoms with Crippen LogP contribution in [0.1, 0.15) is 15.9 Å². The predicted octanol–water partition coefficient (Wildman–Crippen LogP) is 1.30. The van der Waals surface area contributed by atoms with Gasteiger partial charge in [0.25, 0.3) is 0 Å². The molecule has 0 saturated heterocycles. The summed E-state index contributed by atoms with van der Waals surface area (Å²) in [6, 6.07) is 4.48. The fraction of sp³-hybridized carbons (Fsp3) is 0.111. The zero-order valence-electron chi connectivity index (χ0n) is 7.20. The molecule has 2 amide bonds. The van der Waals surface area contributed by atoms with Crippen molar-refractivity contribution in [3.63, 3.8) is 0 Å².